The predicted octanol–water partition coefficient (Wildman–Crippen LogP) is 0.659. The van der Waals surface area contributed by atoms with Gasteiger partial charge in [-0.1, -0.05) is 12.1 Å². The second-order valence-electron chi connectivity index (χ2n) is 3.14. The quantitative estimate of drug-likeness (QED) is 0.676. The summed E-state index contributed by atoms with van der Waals surface area (Å²) in [6.45, 7) is 2.26. The lowest BCUT2D eigenvalue weighted by Crippen LogP contribution is -2.46. The van der Waals surface area contributed by atoms with E-state index in [1.807, 2.05) is 0 Å². The highest BCUT2D eigenvalue weighted by molar-refractivity contribution is 5.97. The van der Waals surface area contributed by atoms with E-state index >= 15 is 0 Å². The summed E-state index contributed by atoms with van der Waals surface area (Å²) in [5, 5.41) is 2.48. The van der Waals surface area contributed by atoms with Crippen LogP contribution >= 0.6 is 0 Å². The van der Waals surface area contributed by atoms with Crippen molar-refractivity contribution in [1.29, 1.82) is 0 Å². The number of ether oxygens (including phenoxy) is 1. The van der Waals surface area contributed by atoms with Crippen LogP contribution in [0.2, 0.25) is 0 Å². The Bertz CT molecular complexity index is 407. The lowest BCUT2D eigenvalue weighted by atomic mass is 10.2. The van der Waals surface area contributed by atoms with E-state index in [2.05, 4.69) is 16.2 Å². The van der Waals surface area contributed by atoms with Crippen molar-refractivity contribution in [3.8, 4) is 5.75 Å². The molecule has 0 saturated heterocycles. The molecule has 1 rings (SSSR count). The van der Waals surface area contributed by atoms with Crippen molar-refractivity contribution in [2.75, 3.05) is 13.7 Å². The second-order valence-corrected chi connectivity index (χ2v) is 3.14. The summed E-state index contributed by atoms with van der Waals surface area (Å²) in [5.41, 5.74) is 4.86. The average Bonchev–Trinajstić information content (AvgIpc) is 2.36. The Morgan fingerprint density at radius 2 is 1.94 bits per heavy atom. The lowest BCUT2D eigenvalue weighted by molar-refractivity contribution is 0.0933. The van der Waals surface area contributed by atoms with Gasteiger partial charge in [0.1, 0.15) is 5.75 Å². The Hall–Kier alpha value is -2.24. The molecule has 0 aliphatic carbocycles. The van der Waals surface area contributed by atoms with Gasteiger partial charge < -0.3 is 10.1 Å². The van der Waals surface area contributed by atoms with Crippen molar-refractivity contribution in [3.63, 3.8) is 0 Å². The van der Waals surface area contributed by atoms with Crippen molar-refractivity contribution in [3.05, 3.63) is 29.8 Å². The highest BCUT2D eigenvalue weighted by atomic mass is 16.5. The first-order valence-electron chi connectivity index (χ1n) is 5.16. The SMILES string of the molecule is CCNC(=O)NNC(=O)c1ccccc1OC. The molecule has 0 aromatic heterocycles. The number of urea groups is 1. The Morgan fingerprint density at radius 1 is 1.24 bits per heavy atom. The van der Waals surface area contributed by atoms with Gasteiger partial charge in [0.15, 0.2) is 0 Å². The van der Waals surface area contributed by atoms with Gasteiger partial charge in [-0.25, -0.2) is 10.2 Å². The molecule has 17 heavy (non-hydrogen) atoms. The molecule has 0 radical (unpaired) electrons. The molecule has 92 valence electrons. The number of carbonyl (C=O) groups is 2. The van der Waals surface area contributed by atoms with Crippen molar-refractivity contribution >= 4 is 11.9 Å². The normalized spacial score (nSPS) is 9.29. The molecule has 0 saturated carbocycles. The standard InChI is InChI=1S/C11H15N3O3/c1-3-12-11(16)14-13-10(15)8-6-4-5-7-9(8)17-2/h4-7H,3H2,1-2H3,(H,13,15)(H2,12,14,16). The maximum atomic E-state index is 11.7. The van der Waals surface area contributed by atoms with E-state index < -0.39 is 11.9 Å². The van der Waals surface area contributed by atoms with Crippen LogP contribution in [-0.2, 0) is 0 Å². The van der Waals surface area contributed by atoms with E-state index in [1.54, 1.807) is 31.2 Å². The van der Waals surface area contributed by atoms with Gasteiger partial charge in [0.05, 0.1) is 12.7 Å². The number of hydrazine groups is 1. The molecule has 0 atom stereocenters. The Labute approximate surface area is 99.3 Å². The molecule has 0 fully saturated rings. The summed E-state index contributed by atoms with van der Waals surface area (Å²) in [6.07, 6.45) is 0. The zero-order valence-corrected chi connectivity index (χ0v) is 9.74. The van der Waals surface area contributed by atoms with Crippen molar-refractivity contribution in [2.45, 2.75) is 6.92 Å². The van der Waals surface area contributed by atoms with Crippen LogP contribution in [0.15, 0.2) is 24.3 Å². The van der Waals surface area contributed by atoms with E-state index in [9.17, 15) is 9.59 Å². The third kappa shape index (κ3) is 3.67. The molecular weight excluding hydrogens is 222 g/mol. The summed E-state index contributed by atoms with van der Waals surface area (Å²) in [5.74, 6) is 0.0106. The number of para-hydroxylation sites is 1. The number of hydrogen-bond acceptors (Lipinski definition) is 3. The molecular formula is C11H15N3O3. The largest absolute Gasteiger partial charge is 0.496 e. The maximum Gasteiger partial charge on any atom is 0.333 e. The molecule has 3 amide bonds. The number of benzene rings is 1. The Balaban J connectivity index is 2.61. The van der Waals surface area contributed by atoms with E-state index in [4.69, 9.17) is 4.74 Å². The summed E-state index contributed by atoms with van der Waals surface area (Å²) >= 11 is 0. The minimum absolute atomic E-state index is 0.354. The van der Waals surface area contributed by atoms with Crippen LogP contribution in [0.4, 0.5) is 4.79 Å². The number of hydrogen-bond donors (Lipinski definition) is 3. The van der Waals surface area contributed by atoms with Crippen molar-refractivity contribution in [2.24, 2.45) is 0 Å². The summed E-state index contributed by atoms with van der Waals surface area (Å²) in [7, 11) is 1.48. The molecule has 0 bridgehead atoms. The van der Waals surface area contributed by atoms with Gasteiger partial charge in [0.25, 0.3) is 5.91 Å². The average molecular weight is 237 g/mol. The third-order valence-corrected chi connectivity index (χ3v) is 1.98. The highest BCUT2D eigenvalue weighted by Crippen LogP contribution is 2.16. The first-order chi connectivity index (χ1) is 8.19. The van der Waals surface area contributed by atoms with Crippen LogP contribution in [-0.4, -0.2) is 25.6 Å². The zero-order chi connectivity index (χ0) is 12.7. The van der Waals surface area contributed by atoms with Crippen LogP contribution in [0.5, 0.6) is 5.75 Å². The smallest absolute Gasteiger partial charge is 0.333 e. The van der Waals surface area contributed by atoms with E-state index in [-0.39, 0.29) is 0 Å². The van der Waals surface area contributed by atoms with Gasteiger partial charge in [-0.2, -0.15) is 0 Å². The maximum absolute atomic E-state index is 11.7. The second kappa shape index (κ2) is 6.37. The molecule has 0 aliphatic heterocycles. The monoisotopic (exact) mass is 237 g/mol. The van der Waals surface area contributed by atoms with E-state index in [0.29, 0.717) is 17.9 Å². The van der Waals surface area contributed by atoms with Crippen LogP contribution in [0.3, 0.4) is 0 Å². The lowest BCUT2D eigenvalue weighted by Gasteiger charge is -2.10. The summed E-state index contributed by atoms with van der Waals surface area (Å²) in [4.78, 5) is 22.8. The fourth-order valence-electron chi connectivity index (χ4n) is 1.22. The van der Waals surface area contributed by atoms with Crippen LogP contribution in [0, 0.1) is 0 Å². The minimum Gasteiger partial charge on any atom is -0.496 e. The fraction of sp³-hybridized carbons (Fsp3) is 0.273. The van der Waals surface area contributed by atoms with E-state index in [0.717, 1.165) is 0 Å². The van der Waals surface area contributed by atoms with E-state index in [1.165, 1.54) is 7.11 Å². The molecule has 0 heterocycles. The third-order valence-electron chi connectivity index (χ3n) is 1.98. The fourth-order valence-corrected chi connectivity index (χ4v) is 1.22. The molecule has 0 aliphatic rings. The number of nitrogens with one attached hydrogen (secondary N) is 3. The molecule has 6 heteroatoms. The van der Waals surface area contributed by atoms with Crippen LogP contribution in [0.25, 0.3) is 0 Å². The Morgan fingerprint density at radius 3 is 2.59 bits per heavy atom. The van der Waals surface area contributed by atoms with Crippen molar-refractivity contribution in [1.82, 2.24) is 16.2 Å². The van der Waals surface area contributed by atoms with Gasteiger partial charge in [-0.15, -0.1) is 0 Å². The van der Waals surface area contributed by atoms with Crippen molar-refractivity contribution < 1.29 is 14.3 Å². The Kier molecular flexibility index (Phi) is 4.80. The minimum atomic E-state index is -0.462. The van der Waals surface area contributed by atoms with Crippen LogP contribution in [0.1, 0.15) is 17.3 Å². The van der Waals surface area contributed by atoms with Gasteiger partial charge >= 0.3 is 6.03 Å². The molecule has 1 aromatic carbocycles. The molecule has 3 N–H and O–H groups in total. The summed E-state index contributed by atoms with van der Waals surface area (Å²) < 4.78 is 5.03. The highest BCUT2D eigenvalue weighted by Gasteiger charge is 2.11. The van der Waals surface area contributed by atoms with Gasteiger partial charge in [0.2, 0.25) is 0 Å². The number of rotatable bonds is 3. The van der Waals surface area contributed by atoms with Gasteiger partial charge in [0, 0.05) is 6.54 Å². The van der Waals surface area contributed by atoms with Gasteiger partial charge in [-0.3, -0.25) is 10.2 Å². The predicted molar refractivity (Wildman–Crippen MR) is 62.7 cm³/mol. The number of amides is 3. The topological polar surface area (TPSA) is 79.5 Å². The zero-order valence-electron chi connectivity index (χ0n) is 9.74. The number of carbonyl (C=O) groups excluding carboxylic acids is 2. The molecule has 0 unspecified atom stereocenters. The molecule has 0 spiro atoms. The van der Waals surface area contributed by atoms with Gasteiger partial charge in [-0.05, 0) is 19.1 Å². The van der Waals surface area contributed by atoms with Crippen LogP contribution < -0.4 is 20.9 Å². The molecule has 6 nitrogen and oxygen atoms in total. The summed E-state index contributed by atoms with van der Waals surface area (Å²) in [6, 6.07) is 6.28. The molecule has 1 aromatic rings. The first-order valence-corrected chi connectivity index (χ1v) is 5.16. The first kappa shape index (κ1) is 12.8. The number of methoxy groups -OCH3 is 1.